The molecule has 0 aliphatic carbocycles. The van der Waals surface area contributed by atoms with Crippen LogP contribution in [0.15, 0.2) is 71.3 Å². The van der Waals surface area contributed by atoms with Crippen molar-refractivity contribution >= 4 is 17.6 Å². The maximum atomic E-state index is 13.2. The summed E-state index contributed by atoms with van der Waals surface area (Å²) in [7, 11) is 0. The molecule has 36 heavy (non-hydrogen) atoms. The smallest absolute Gasteiger partial charge is 0.418 e. The Bertz CT molecular complexity index is 1280. The van der Waals surface area contributed by atoms with Gasteiger partial charge < -0.3 is 25.3 Å². The van der Waals surface area contributed by atoms with E-state index in [0.29, 0.717) is 5.56 Å². The van der Waals surface area contributed by atoms with Gasteiger partial charge in [-0.15, -0.1) is 0 Å². The second-order valence-corrected chi connectivity index (χ2v) is 7.57. The first-order chi connectivity index (χ1) is 17.1. The molecule has 11 heteroatoms. The number of amides is 1. The minimum Gasteiger partial charge on any atom is -0.484 e. The van der Waals surface area contributed by atoms with Crippen molar-refractivity contribution in [3.63, 3.8) is 0 Å². The van der Waals surface area contributed by atoms with Gasteiger partial charge in [-0.2, -0.15) is 18.4 Å². The number of carbonyl (C=O) groups excluding carboxylic acids is 2. The van der Waals surface area contributed by atoms with Crippen molar-refractivity contribution in [2.24, 2.45) is 5.73 Å². The lowest BCUT2D eigenvalue weighted by Crippen LogP contribution is -2.25. The molecule has 3 N–H and O–H groups in total. The van der Waals surface area contributed by atoms with Gasteiger partial charge in [0.2, 0.25) is 5.88 Å². The summed E-state index contributed by atoms with van der Waals surface area (Å²) >= 11 is 0. The van der Waals surface area contributed by atoms with Crippen molar-refractivity contribution in [2.45, 2.75) is 25.9 Å². The number of esters is 1. The van der Waals surface area contributed by atoms with E-state index in [2.05, 4.69) is 5.32 Å². The average molecular weight is 501 g/mol. The summed E-state index contributed by atoms with van der Waals surface area (Å²) in [6.45, 7) is 2.66. The molecule has 0 aromatic heterocycles. The number of para-hydroxylation sites is 1. The van der Waals surface area contributed by atoms with Gasteiger partial charge in [0, 0.05) is 0 Å². The number of hydrogen-bond acceptors (Lipinski definition) is 7. The summed E-state index contributed by atoms with van der Waals surface area (Å²) in [5.74, 6) is -2.23. The largest absolute Gasteiger partial charge is 0.484 e. The van der Waals surface area contributed by atoms with Gasteiger partial charge in [-0.3, -0.25) is 4.79 Å². The monoisotopic (exact) mass is 501 g/mol. The molecule has 188 valence electrons. The predicted molar refractivity (Wildman–Crippen MR) is 122 cm³/mol. The summed E-state index contributed by atoms with van der Waals surface area (Å²) in [6.07, 6.45) is -4.64. The van der Waals surface area contributed by atoms with Crippen LogP contribution < -0.4 is 15.8 Å². The van der Waals surface area contributed by atoms with Crippen LogP contribution in [0.2, 0.25) is 0 Å². The molecule has 0 bridgehead atoms. The summed E-state index contributed by atoms with van der Waals surface area (Å²) in [4.78, 5) is 24.9. The number of halogens is 3. The number of ether oxygens (including phenoxy) is 3. The lowest BCUT2D eigenvalue weighted by molar-refractivity contribution is -0.139. The third-order valence-corrected chi connectivity index (χ3v) is 5.17. The fourth-order valence-electron chi connectivity index (χ4n) is 3.65. The number of nitrogens with one attached hydrogen (secondary N) is 1. The van der Waals surface area contributed by atoms with E-state index in [-0.39, 0.29) is 35.1 Å². The molecule has 1 atom stereocenters. The summed E-state index contributed by atoms with van der Waals surface area (Å²) in [5.41, 5.74) is 5.01. The molecule has 1 amide bonds. The van der Waals surface area contributed by atoms with Crippen LogP contribution in [0.4, 0.5) is 18.9 Å². The van der Waals surface area contributed by atoms with E-state index in [9.17, 15) is 28.0 Å². The molecule has 2 aromatic rings. The van der Waals surface area contributed by atoms with Crippen molar-refractivity contribution in [1.82, 2.24) is 0 Å². The highest BCUT2D eigenvalue weighted by atomic mass is 19.4. The first kappa shape index (κ1) is 26.2. The lowest BCUT2D eigenvalue weighted by Gasteiger charge is -2.27. The molecule has 0 saturated heterocycles. The minimum absolute atomic E-state index is 0.0118. The second-order valence-electron chi connectivity index (χ2n) is 7.57. The van der Waals surface area contributed by atoms with Gasteiger partial charge in [0.1, 0.15) is 23.2 Å². The number of hydrogen-bond donors (Lipinski definition) is 2. The maximum absolute atomic E-state index is 13.2. The quantitative estimate of drug-likeness (QED) is 0.540. The highest BCUT2D eigenvalue weighted by molar-refractivity contribution is 5.93. The maximum Gasteiger partial charge on any atom is 0.418 e. The highest BCUT2D eigenvalue weighted by Crippen LogP contribution is 2.40. The van der Waals surface area contributed by atoms with Crippen LogP contribution >= 0.6 is 0 Å². The summed E-state index contributed by atoms with van der Waals surface area (Å²) < 4.78 is 55.4. The highest BCUT2D eigenvalue weighted by Gasteiger charge is 2.36. The normalized spacial score (nSPS) is 15.6. The Kier molecular flexibility index (Phi) is 7.89. The molecule has 1 heterocycles. The molecular formula is C25H22F3N3O5. The first-order valence-electron chi connectivity index (χ1n) is 10.7. The number of nitrogens with two attached hydrogens (primary N) is 1. The predicted octanol–water partition coefficient (Wildman–Crippen LogP) is 4.37. The van der Waals surface area contributed by atoms with E-state index < -0.39 is 41.8 Å². The van der Waals surface area contributed by atoms with Crippen molar-refractivity contribution in [3.05, 3.63) is 82.4 Å². The van der Waals surface area contributed by atoms with E-state index >= 15 is 0 Å². The number of rotatable bonds is 7. The van der Waals surface area contributed by atoms with Crippen LogP contribution in [0.25, 0.3) is 0 Å². The lowest BCUT2D eigenvalue weighted by atomic mass is 9.83. The van der Waals surface area contributed by atoms with Gasteiger partial charge in [-0.05, 0) is 43.7 Å². The second kappa shape index (κ2) is 10.9. The minimum atomic E-state index is -4.64. The van der Waals surface area contributed by atoms with E-state index in [1.807, 2.05) is 6.07 Å². The standard InChI is InChI=1S/C25H22F3N3O5/c1-3-34-24(33)21-14(2)36-23(30)17(12-29)22(21)15-7-6-8-16(11-15)35-13-20(32)31-19-10-5-4-9-18(19)25(26,27)28/h4-11,22H,3,13,30H2,1-2H3,(H,31,32). The van der Waals surface area contributed by atoms with Gasteiger partial charge in [0.05, 0.1) is 29.3 Å². The molecule has 1 unspecified atom stereocenters. The molecule has 8 nitrogen and oxygen atoms in total. The molecule has 1 aliphatic rings. The zero-order valence-corrected chi connectivity index (χ0v) is 19.3. The molecule has 1 aliphatic heterocycles. The van der Waals surface area contributed by atoms with Crippen LogP contribution in [-0.4, -0.2) is 25.1 Å². The third kappa shape index (κ3) is 5.78. The van der Waals surface area contributed by atoms with Gasteiger partial charge in [0.25, 0.3) is 5.91 Å². The van der Waals surface area contributed by atoms with Crippen LogP contribution in [0.3, 0.4) is 0 Å². The Hall–Kier alpha value is -4.46. The number of allylic oxidation sites excluding steroid dienone is 2. The van der Waals surface area contributed by atoms with Crippen LogP contribution in [0.5, 0.6) is 5.75 Å². The van der Waals surface area contributed by atoms with E-state index in [0.717, 1.165) is 12.1 Å². The molecule has 0 saturated carbocycles. The van der Waals surface area contributed by atoms with Crippen molar-refractivity contribution in [2.75, 3.05) is 18.5 Å². The number of anilines is 1. The Balaban J connectivity index is 1.82. The van der Waals surface area contributed by atoms with Crippen molar-refractivity contribution in [1.29, 1.82) is 5.26 Å². The molecule has 2 aromatic carbocycles. The Labute approximate surface area is 204 Å². The van der Waals surface area contributed by atoms with Gasteiger partial charge in [-0.25, -0.2) is 4.79 Å². The van der Waals surface area contributed by atoms with Crippen LogP contribution in [-0.2, 0) is 25.2 Å². The number of carbonyl (C=O) groups is 2. The Morgan fingerprint density at radius 2 is 1.92 bits per heavy atom. The van der Waals surface area contributed by atoms with Gasteiger partial charge in [0.15, 0.2) is 6.61 Å². The Morgan fingerprint density at radius 1 is 1.19 bits per heavy atom. The zero-order chi connectivity index (χ0) is 26.5. The van der Waals surface area contributed by atoms with Gasteiger partial charge >= 0.3 is 12.1 Å². The number of alkyl halides is 3. The van der Waals surface area contributed by atoms with Gasteiger partial charge in [-0.1, -0.05) is 24.3 Å². The average Bonchev–Trinajstić information content (AvgIpc) is 2.82. The van der Waals surface area contributed by atoms with Crippen LogP contribution in [0.1, 0.15) is 30.9 Å². The summed E-state index contributed by atoms with van der Waals surface area (Å²) in [5, 5.41) is 11.9. The topological polar surface area (TPSA) is 124 Å². The fourth-order valence-corrected chi connectivity index (χ4v) is 3.65. The third-order valence-electron chi connectivity index (χ3n) is 5.17. The number of nitriles is 1. The molecule has 0 spiro atoms. The number of benzene rings is 2. The molecule has 3 rings (SSSR count). The van der Waals surface area contributed by atoms with E-state index in [1.165, 1.54) is 31.2 Å². The van der Waals surface area contributed by atoms with Crippen molar-refractivity contribution in [3.8, 4) is 11.8 Å². The number of nitrogens with zero attached hydrogens (tertiary/aromatic N) is 1. The molecule has 0 radical (unpaired) electrons. The zero-order valence-electron chi connectivity index (χ0n) is 19.3. The SMILES string of the molecule is CCOC(=O)C1=C(C)OC(N)=C(C#N)C1c1cccc(OCC(=O)Nc2ccccc2C(F)(F)F)c1. The van der Waals surface area contributed by atoms with E-state index in [4.69, 9.17) is 19.9 Å². The van der Waals surface area contributed by atoms with E-state index in [1.54, 1.807) is 19.1 Å². The molecule has 0 fully saturated rings. The molecular weight excluding hydrogens is 479 g/mol. The van der Waals surface area contributed by atoms with Crippen LogP contribution in [0, 0.1) is 11.3 Å². The Morgan fingerprint density at radius 3 is 2.58 bits per heavy atom. The fraction of sp³-hybridized carbons (Fsp3) is 0.240. The summed E-state index contributed by atoms with van der Waals surface area (Å²) in [6, 6.07) is 12.7. The first-order valence-corrected chi connectivity index (χ1v) is 10.7. The van der Waals surface area contributed by atoms with Crippen molar-refractivity contribution < 1.29 is 37.0 Å².